The lowest BCUT2D eigenvalue weighted by Crippen LogP contribution is -2.41. The molecular formula is C15H23ClN2. The zero-order chi connectivity index (χ0) is 13.0. The summed E-state index contributed by atoms with van der Waals surface area (Å²) in [5.74, 6) is 0.575. The van der Waals surface area contributed by atoms with Crippen LogP contribution in [-0.2, 0) is 0 Å². The van der Waals surface area contributed by atoms with Crippen LogP contribution < -0.4 is 5.73 Å². The number of likely N-dealkylation sites (tertiary alicyclic amines) is 1. The third-order valence-electron chi connectivity index (χ3n) is 3.89. The molecule has 2 rings (SSSR count). The van der Waals surface area contributed by atoms with E-state index in [0.717, 1.165) is 18.1 Å². The molecule has 2 N–H and O–H groups in total. The third kappa shape index (κ3) is 3.05. The predicted molar refractivity (Wildman–Crippen MR) is 77.8 cm³/mol. The van der Waals surface area contributed by atoms with Gasteiger partial charge in [-0.1, -0.05) is 30.7 Å². The van der Waals surface area contributed by atoms with E-state index in [9.17, 15) is 0 Å². The molecule has 1 aliphatic heterocycles. The van der Waals surface area contributed by atoms with Crippen molar-refractivity contribution in [3.8, 4) is 0 Å². The number of hydrogen-bond acceptors (Lipinski definition) is 2. The summed E-state index contributed by atoms with van der Waals surface area (Å²) in [6.45, 7) is 5.36. The largest absolute Gasteiger partial charge is 0.330 e. The van der Waals surface area contributed by atoms with Crippen molar-refractivity contribution < 1.29 is 0 Å². The first-order valence-electron chi connectivity index (χ1n) is 6.95. The van der Waals surface area contributed by atoms with Gasteiger partial charge in [0.2, 0.25) is 0 Å². The summed E-state index contributed by atoms with van der Waals surface area (Å²) in [7, 11) is 0. The van der Waals surface area contributed by atoms with Crippen LogP contribution in [0.4, 0.5) is 0 Å². The van der Waals surface area contributed by atoms with Gasteiger partial charge in [-0.05, 0) is 62.5 Å². The van der Waals surface area contributed by atoms with Gasteiger partial charge in [0, 0.05) is 11.1 Å². The molecule has 0 spiro atoms. The van der Waals surface area contributed by atoms with Crippen molar-refractivity contribution in [3.63, 3.8) is 0 Å². The monoisotopic (exact) mass is 266 g/mol. The fourth-order valence-corrected chi connectivity index (χ4v) is 3.21. The Morgan fingerprint density at radius 1 is 1.33 bits per heavy atom. The van der Waals surface area contributed by atoms with Crippen molar-refractivity contribution in [1.82, 2.24) is 4.90 Å². The van der Waals surface area contributed by atoms with Crippen molar-refractivity contribution in [1.29, 1.82) is 0 Å². The van der Waals surface area contributed by atoms with Crippen molar-refractivity contribution in [2.24, 2.45) is 11.7 Å². The van der Waals surface area contributed by atoms with Gasteiger partial charge in [-0.25, -0.2) is 0 Å². The summed E-state index contributed by atoms with van der Waals surface area (Å²) < 4.78 is 0. The van der Waals surface area contributed by atoms with Crippen molar-refractivity contribution in [2.45, 2.75) is 32.2 Å². The predicted octanol–water partition coefficient (Wildman–Crippen LogP) is 3.46. The third-order valence-corrected chi connectivity index (χ3v) is 4.14. The molecule has 2 unspecified atom stereocenters. The fraction of sp³-hybridized carbons (Fsp3) is 0.600. The number of piperidine rings is 1. The Balaban J connectivity index is 2.24. The average Bonchev–Trinajstić information content (AvgIpc) is 2.40. The Hall–Kier alpha value is -0.570. The lowest BCUT2D eigenvalue weighted by atomic mass is 9.84. The van der Waals surface area contributed by atoms with E-state index in [1.165, 1.54) is 31.4 Å². The van der Waals surface area contributed by atoms with E-state index in [-0.39, 0.29) is 0 Å². The Morgan fingerprint density at radius 3 is 2.67 bits per heavy atom. The van der Waals surface area contributed by atoms with E-state index >= 15 is 0 Å². The van der Waals surface area contributed by atoms with Crippen LogP contribution in [0, 0.1) is 5.92 Å². The maximum atomic E-state index is 5.98. The highest BCUT2D eigenvalue weighted by molar-refractivity contribution is 6.30. The molecule has 0 aliphatic carbocycles. The van der Waals surface area contributed by atoms with Crippen LogP contribution in [-0.4, -0.2) is 24.5 Å². The van der Waals surface area contributed by atoms with Gasteiger partial charge in [-0.2, -0.15) is 0 Å². The van der Waals surface area contributed by atoms with Gasteiger partial charge < -0.3 is 5.73 Å². The normalized spacial score (nSPS) is 25.3. The van der Waals surface area contributed by atoms with Crippen molar-refractivity contribution in [2.75, 3.05) is 19.6 Å². The first kappa shape index (κ1) is 13.9. The molecule has 0 radical (unpaired) electrons. The SMILES string of the molecule is CCCN1CCCC(CN)C1c1ccc(Cl)cc1. The summed E-state index contributed by atoms with van der Waals surface area (Å²) in [5, 5.41) is 0.806. The molecule has 0 aromatic heterocycles. The van der Waals surface area contributed by atoms with Crippen molar-refractivity contribution in [3.05, 3.63) is 34.9 Å². The molecule has 1 aromatic rings. The molecule has 18 heavy (non-hydrogen) atoms. The van der Waals surface area contributed by atoms with E-state index in [1.54, 1.807) is 0 Å². The van der Waals surface area contributed by atoms with Crippen LogP contribution in [0.5, 0.6) is 0 Å². The second-order valence-electron chi connectivity index (χ2n) is 5.17. The maximum Gasteiger partial charge on any atom is 0.0406 e. The minimum Gasteiger partial charge on any atom is -0.330 e. The molecule has 1 heterocycles. The molecule has 1 aromatic carbocycles. The molecule has 1 fully saturated rings. The number of nitrogens with two attached hydrogens (primary N) is 1. The zero-order valence-corrected chi connectivity index (χ0v) is 11.9. The second-order valence-corrected chi connectivity index (χ2v) is 5.61. The smallest absolute Gasteiger partial charge is 0.0406 e. The van der Waals surface area contributed by atoms with Gasteiger partial charge in [-0.15, -0.1) is 0 Å². The molecule has 1 aliphatic rings. The number of rotatable bonds is 4. The number of hydrogen-bond donors (Lipinski definition) is 1. The molecule has 2 atom stereocenters. The van der Waals surface area contributed by atoms with Crippen LogP contribution in [0.15, 0.2) is 24.3 Å². The van der Waals surface area contributed by atoms with E-state index in [0.29, 0.717) is 12.0 Å². The second kappa shape index (κ2) is 6.55. The lowest BCUT2D eigenvalue weighted by Gasteiger charge is -2.41. The zero-order valence-electron chi connectivity index (χ0n) is 11.1. The molecule has 0 saturated carbocycles. The highest BCUT2D eigenvalue weighted by atomic mass is 35.5. The topological polar surface area (TPSA) is 29.3 Å². The van der Waals surface area contributed by atoms with Crippen LogP contribution >= 0.6 is 11.6 Å². The molecule has 1 saturated heterocycles. The molecule has 3 heteroatoms. The fourth-order valence-electron chi connectivity index (χ4n) is 3.08. The Kier molecular flexibility index (Phi) is 5.04. The van der Waals surface area contributed by atoms with E-state index in [1.807, 2.05) is 12.1 Å². The Morgan fingerprint density at radius 2 is 2.06 bits per heavy atom. The molecule has 2 nitrogen and oxygen atoms in total. The van der Waals surface area contributed by atoms with Gasteiger partial charge in [0.1, 0.15) is 0 Å². The van der Waals surface area contributed by atoms with E-state index in [2.05, 4.69) is 24.0 Å². The van der Waals surface area contributed by atoms with Crippen LogP contribution in [0.2, 0.25) is 5.02 Å². The van der Waals surface area contributed by atoms with Crippen LogP contribution in [0.3, 0.4) is 0 Å². The van der Waals surface area contributed by atoms with Gasteiger partial charge in [0.05, 0.1) is 0 Å². The molecule has 100 valence electrons. The maximum absolute atomic E-state index is 5.98. The Labute approximate surface area is 115 Å². The van der Waals surface area contributed by atoms with Crippen LogP contribution in [0.1, 0.15) is 37.8 Å². The summed E-state index contributed by atoms with van der Waals surface area (Å²) >= 11 is 5.98. The van der Waals surface area contributed by atoms with Gasteiger partial charge in [-0.3, -0.25) is 4.90 Å². The molecular weight excluding hydrogens is 244 g/mol. The number of halogens is 1. The van der Waals surface area contributed by atoms with Gasteiger partial charge >= 0.3 is 0 Å². The molecule has 0 bridgehead atoms. The summed E-state index contributed by atoms with van der Waals surface area (Å²) in [5.41, 5.74) is 7.33. The van der Waals surface area contributed by atoms with Crippen molar-refractivity contribution >= 4 is 11.6 Å². The standard InChI is InChI=1S/C15H23ClN2/c1-2-9-18-10-3-4-13(11-17)15(18)12-5-7-14(16)8-6-12/h5-8,13,15H,2-4,9-11,17H2,1H3. The highest BCUT2D eigenvalue weighted by Gasteiger charge is 2.30. The average molecular weight is 267 g/mol. The first-order chi connectivity index (χ1) is 8.76. The lowest BCUT2D eigenvalue weighted by molar-refractivity contribution is 0.0960. The minimum atomic E-state index is 0.473. The summed E-state index contributed by atoms with van der Waals surface area (Å²) in [4.78, 5) is 2.59. The quantitative estimate of drug-likeness (QED) is 0.904. The van der Waals surface area contributed by atoms with Crippen LogP contribution in [0.25, 0.3) is 0 Å². The number of benzene rings is 1. The summed E-state index contributed by atoms with van der Waals surface area (Å²) in [6, 6.07) is 8.76. The Bertz CT molecular complexity index is 361. The van der Waals surface area contributed by atoms with Gasteiger partial charge in [0.15, 0.2) is 0 Å². The van der Waals surface area contributed by atoms with E-state index in [4.69, 9.17) is 17.3 Å². The molecule has 0 amide bonds. The first-order valence-corrected chi connectivity index (χ1v) is 7.33. The van der Waals surface area contributed by atoms with E-state index < -0.39 is 0 Å². The van der Waals surface area contributed by atoms with Gasteiger partial charge in [0.25, 0.3) is 0 Å². The number of nitrogens with zero attached hydrogens (tertiary/aromatic N) is 1. The highest BCUT2D eigenvalue weighted by Crippen LogP contribution is 2.35. The summed E-state index contributed by atoms with van der Waals surface area (Å²) in [6.07, 6.45) is 3.71. The minimum absolute atomic E-state index is 0.473.